The van der Waals surface area contributed by atoms with Crippen molar-refractivity contribution in [3.8, 4) is 0 Å². The van der Waals surface area contributed by atoms with Gasteiger partial charge in [-0.2, -0.15) is 0 Å². The Morgan fingerprint density at radius 2 is 1.90 bits per heavy atom. The molecule has 0 aliphatic carbocycles. The van der Waals surface area contributed by atoms with Crippen LogP contribution in [0, 0.1) is 0 Å². The summed E-state index contributed by atoms with van der Waals surface area (Å²) in [5, 5.41) is 2.66. The summed E-state index contributed by atoms with van der Waals surface area (Å²) in [6.45, 7) is 1.85. The molecular weight excluding hydrogens is 374 g/mol. The maximum Gasteiger partial charge on any atom is 0.328 e. The summed E-state index contributed by atoms with van der Waals surface area (Å²) in [6.07, 6.45) is 4.61. The molecule has 0 unspecified atom stereocenters. The van der Waals surface area contributed by atoms with Crippen molar-refractivity contribution in [3.05, 3.63) is 48.0 Å². The zero-order valence-electron chi connectivity index (χ0n) is 16.8. The lowest BCUT2D eigenvalue weighted by Crippen LogP contribution is -2.50. The van der Waals surface area contributed by atoms with E-state index in [1.165, 1.54) is 23.8 Å². The number of hydrogen-bond acceptors (Lipinski definition) is 5. The van der Waals surface area contributed by atoms with Crippen LogP contribution in [-0.4, -0.2) is 72.8 Å². The van der Waals surface area contributed by atoms with Gasteiger partial charge in [0.1, 0.15) is 6.04 Å². The van der Waals surface area contributed by atoms with E-state index in [2.05, 4.69) is 5.32 Å². The molecule has 1 aliphatic heterocycles. The maximum absolute atomic E-state index is 12.6. The highest BCUT2D eigenvalue weighted by molar-refractivity contribution is 5.90. The summed E-state index contributed by atoms with van der Waals surface area (Å²) in [4.78, 5) is 51.7. The van der Waals surface area contributed by atoms with Crippen molar-refractivity contribution >= 4 is 23.7 Å². The van der Waals surface area contributed by atoms with Crippen molar-refractivity contribution in [1.29, 1.82) is 0 Å². The lowest BCUT2D eigenvalue weighted by atomic mass is 10.1. The first-order valence-corrected chi connectivity index (χ1v) is 9.50. The summed E-state index contributed by atoms with van der Waals surface area (Å²) >= 11 is 0. The van der Waals surface area contributed by atoms with Gasteiger partial charge in [-0.3, -0.25) is 14.4 Å². The molecule has 0 saturated carbocycles. The number of nitrogens with one attached hydrogen (secondary N) is 1. The second kappa shape index (κ2) is 11.0. The molecule has 8 nitrogen and oxygen atoms in total. The molecular formula is C21H27N3O5. The molecule has 1 aliphatic rings. The van der Waals surface area contributed by atoms with Gasteiger partial charge in [-0.15, -0.1) is 0 Å². The van der Waals surface area contributed by atoms with Gasteiger partial charge in [0.15, 0.2) is 0 Å². The summed E-state index contributed by atoms with van der Waals surface area (Å²) in [5.74, 6) is -1.53. The molecule has 8 heteroatoms. The Morgan fingerprint density at radius 1 is 1.17 bits per heavy atom. The number of hydrogen-bond donors (Lipinski definition) is 1. The van der Waals surface area contributed by atoms with E-state index in [-0.39, 0.29) is 37.9 Å². The van der Waals surface area contributed by atoms with Gasteiger partial charge in [-0.05, 0) is 12.0 Å². The van der Waals surface area contributed by atoms with Crippen molar-refractivity contribution in [2.24, 2.45) is 0 Å². The number of rotatable bonds is 6. The standard InChI is InChI=1S/C21H27N3O5/c1-16(25)23-11-7-4-8-12-24(20(27)15-23)14-19(26)22-18(21(28)29-2)13-17-9-5-3-6-10-17/h3-6,8-10,18H,7,11-15H2,1-2H3,(H,22,26)/b8-4+/t18-/m0/s1. The molecule has 0 aromatic heterocycles. The predicted molar refractivity (Wildman–Crippen MR) is 107 cm³/mol. The lowest BCUT2D eigenvalue weighted by Gasteiger charge is -2.25. The van der Waals surface area contributed by atoms with Crippen LogP contribution in [0.3, 0.4) is 0 Å². The summed E-state index contributed by atoms with van der Waals surface area (Å²) in [5.41, 5.74) is 0.877. The smallest absolute Gasteiger partial charge is 0.328 e. The van der Waals surface area contributed by atoms with Crippen LogP contribution in [0.2, 0.25) is 0 Å². The van der Waals surface area contributed by atoms with Crippen molar-refractivity contribution in [3.63, 3.8) is 0 Å². The van der Waals surface area contributed by atoms with E-state index < -0.39 is 17.9 Å². The highest BCUT2D eigenvalue weighted by atomic mass is 16.5. The molecule has 0 saturated heterocycles. The van der Waals surface area contributed by atoms with Gasteiger partial charge >= 0.3 is 5.97 Å². The van der Waals surface area contributed by atoms with Gasteiger partial charge < -0.3 is 19.9 Å². The van der Waals surface area contributed by atoms with E-state index >= 15 is 0 Å². The zero-order valence-corrected chi connectivity index (χ0v) is 16.8. The first-order valence-electron chi connectivity index (χ1n) is 9.50. The third-order valence-corrected chi connectivity index (χ3v) is 4.62. The molecule has 1 atom stereocenters. The van der Waals surface area contributed by atoms with E-state index in [0.29, 0.717) is 13.0 Å². The molecule has 1 aromatic carbocycles. The van der Waals surface area contributed by atoms with E-state index in [9.17, 15) is 19.2 Å². The largest absolute Gasteiger partial charge is 0.467 e. The topological polar surface area (TPSA) is 96.0 Å². The predicted octanol–water partition coefficient (Wildman–Crippen LogP) is 0.524. The van der Waals surface area contributed by atoms with Gasteiger partial charge in [0.05, 0.1) is 20.2 Å². The molecule has 3 amide bonds. The summed E-state index contributed by atoms with van der Waals surface area (Å²) in [7, 11) is 1.26. The third kappa shape index (κ3) is 7.06. The second-order valence-electron chi connectivity index (χ2n) is 6.81. The average Bonchev–Trinajstić information content (AvgIpc) is 2.79. The molecule has 0 radical (unpaired) electrons. The molecule has 156 valence electrons. The molecule has 0 fully saturated rings. The number of benzene rings is 1. The number of carbonyl (C=O) groups is 4. The van der Waals surface area contributed by atoms with Gasteiger partial charge in [-0.25, -0.2) is 4.79 Å². The minimum atomic E-state index is -0.855. The first-order chi connectivity index (χ1) is 13.9. The molecule has 29 heavy (non-hydrogen) atoms. The van der Waals surface area contributed by atoms with Crippen LogP contribution in [0.15, 0.2) is 42.5 Å². The Kier molecular flexibility index (Phi) is 8.39. The van der Waals surface area contributed by atoms with Crippen LogP contribution in [0.5, 0.6) is 0 Å². The fourth-order valence-electron chi connectivity index (χ4n) is 3.01. The minimum absolute atomic E-state index is 0.0747. The number of nitrogens with zero attached hydrogens (tertiary/aromatic N) is 2. The fourth-order valence-corrected chi connectivity index (χ4v) is 3.01. The molecule has 1 aromatic rings. The molecule has 0 spiro atoms. The van der Waals surface area contributed by atoms with Crippen LogP contribution in [0.4, 0.5) is 0 Å². The summed E-state index contributed by atoms with van der Waals surface area (Å²) in [6, 6.07) is 8.42. The van der Waals surface area contributed by atoms with Gasteiger partial charge in [0, 0.05) is 26.4 Å². The van der Waals surface area contributed by atoms with Gasteiger partial charge in [-0.1, -0.05) is 42.5 Å². The Morgan fingerprint density at radius 3 is 2.55 bits per heavy atom. The monoisotopic (exact) mass is 401 g/mol. The normalized spacial score (nSPS) is 16.8. The quantitative estimate of drug-likeness (QED) is 0.554. The molecule has 1 heterocycles. The van der Waals surface area contributed by atoms with Crippen molar-refractivity contribution < 1.29 is 23.9 Å². The highest BCUT2D eigenvalue weighted by Crippen LogP contribution is 2.06. The SMILES string of the molecule is COC(=O)[C@H](Cc1ccccc1)NC(=O)CN1C/C=C/CCN(C(C)=O)CC1=O. The van der Waals surface area contributed by atoms with Crippen molar-refractivity contribution in [1.82, 2.24) is 15.1 Å². The van der Waals surface area contributed by atoms with E-state index in [0.717, 1.165) is 5.56 Å². The summed E-state index contributed by atoms with van der Waals surface area (Å²) < 4.78 is 4.80. The number of methoxy groups -OCH3 is 1. The van der Waals surface area contributed by atoms with Crippen LogP contribution in [0.25, 0.3) is 0 Å². The zero-order chi connectivity index (χ0) is 21.2. The average molecular weight is 401 g/mol. The molecule has 0 bridgehead atoms. The Balaban J connectivity index is 2.03. The van der Waals surface area contributed by atoms with E-state index in [1.807, 2.05) is 36.4 Å². The second-order valence-corrected chi connectivity index (χ2v) is 6.81. The molecule has 2 rings (SSSR count). The van der Waals surface area contributed by atoms with Crippen LogP contribution < -0.4 is 5.32 Å². The Hall–Kier alpha value is -3.16. The van der Waals surface area contributed by atoms with E-state index in [1.54, 1.807) is 6.08 Å². The number of amides is 3. The Bertz CT molecular complexity index is 763. The van der Waals surface area contributed by atoms with Crippen LogP contribution in [-0.2, 0) is 30.3 Å². The van der Waals surface area contributed by atoms with Crippen molar-refractivity contribution in [2.75, 3.05) is 33.3 Å². The van der Waals surface area contributed by atoms with Crippen LogP contribution >= 0.6 is 0 Å². The highest BCUT2D eigenvalue weighted by Gasteiger charge is 2.25. The van der Waals surface area contributed by atoms with Gasteiger partial charge in [0.2, 0.25) is 17.7 Å². The maximum atomic E-state index is 12.6. The number of ether oxygens (including phenoxy) is 1. The van der Waals surface area contributed by atoms with Crippen LogP contribution in [0.1, 0.15) is 18.9 Å². The molecule has 1 N–H and O–H groups in total. The van der Waals surface area contributed by atoms with Gasteiger partial charge in [0.25, 0.3) is 0 Å². The number of esters is 1. The lowest BCUT2D eigenvalue weighted by molar-refractivity contribution is -0.146. The fraction of sp³-hybridized carbons (Fsp3) is 0.429. The van der Waals surface area contributed by atoms with Crippen molar-refractivity contribution in [2.45, 2.75) is 25.8 Å². The van der Waals surface area contributed by atoms with E-state index in [4.69, 9.17) is 4.74 Å². The minimum Gasteiger partial charge on any atom is -0.467 e. The Labute approximate surface area is 170 Å². The first kappa shape index (κ1) is 22.1. The third-order valence-electron chi connectivity index (χ3n) is 4.62. The number of carbonyl (C=O) groups excluding carboxylic acids is 4.